The molecule has 4 aliphatic heterocycles. The molecule has 7 nitrogen and oxygen atoms in total. The topological polar surface area (TPSA) is 83.5 Å². The van der Waals surface area contributed by atoms with Gasteiger partial charge in [0.05, 0.1) is 5.56 Å². The fraction of sp³-hybridized carbons (Fsp3) is 0.682. The van der Waals surface area contributed by atoms with Crippen molar-refractivity contribution in [2.45, 2.75) is 70.4 Å². The molecular formula is C22H28O7. The average molecular weight is 404 g/mol. The van der Waals surface area contributed by atoms with Crippen LogP contribution in [0.2, 0.25) is 0 Å². The van der Waals surface area contributed by atoms with Crippen molar-refractivity contribution in [2.24, 2.45) is 23.7 Å². The van der Waals surface area contributed by atoms with Crippen LogP contribution in [0.15, 0.2) is 24.3 Å². The molecule has 5 fully saturated rings. The Balaban J connectivity index is 1.44. The second-order valence-electron chi connectivity index (χ2n) is 9.22. The lowest BCUT2D eigenvalue weighted by Crippen LogP contribution is -2.70. The van der Waals surface area contributed by atoms with E-state index in [2.05, 4.69) is 13.8 Å². The molecule has 4 saturated heterocycles. The number of hydrogen-bond acceptors (Lipinski definition) is 6. The third kappa shape index (κ3) is 2.90. The van der Waals surface area contributed by atoms with Gasteiger partial charge in [0.1, 0.15) is 5.75 Å². The highest BCUT2D eigenvalue weighted by molar-refractivity contribution is 5.87. The summed E-state index contributed by atoms with van der Waals surface area (Å²) in [4.78, 5) is 23.0. The second-order valence-corrected chi connectivity index (χ2v) is 9.22. The third-order valence-corrected chi connectivity index (χ3v) is 7.45. The summed E-state index contributed by atoms with van der Waals surface area (Å²) in [5, 5.41) is 9.09. The van der Waals surface area contributed by atoms with Gasteiger partial charge in [-0.25, -0.2) is 14.6 Å². The molecule has 2 bridgehead atoms. The standard InChI is InChI=1S/C22H28O7/c1-12-4-9-17-13(2)19(25-15-7-5-14(6-8-15)18(23)24)26-20-22(17)16(12)10-11-21(3,27-20)28-29-22/h5-8,12-13,16-17,19-20H,4,9-11H2,1-3H3,(H,23,24)/t12-,13-,16?,17?,19+,20?,21+,22-/m1/s1. The van der Waals surface area contributed by atoms with Gasteiger partial charge in [0, 0.05) is 18.3 Å². The Bertz CT molecular complexity index is 795. The molecule has 7 heteroatoms. The summed E-state index contributed by atoms with van der Waals surface area (Å²) in [7, 11) is 0. The maximum atomic E-state index is 11.1. The SMILES string of the molecule is C[C@@H]1CCC2[C@@H](C)[C@@H](Oc3ccc(C(=O)O)cc3)OC3O[C@]4(C)CCC1[C@]32OO4. The predicted octanol–water partition coefficient (Wildman–Crippen LogP) is 3.97. The van der Waals surface area contributed by atoms with Crippen molar-refractivity contribution < 1.29 is 33.9 Å². The molecule has 0 radical (unpaired) electrons. The number of benzene rings is 1. The van der Waals surface area contributed by atoms with Crippen LogP contribution in [0.3, 0.4) is 0 Å². The Morgan fingerprint density at radius 1 is 1.10 bits per heavy atom. The Hall–Kier alpha value is -1.67. The normalized spacial score (nSPS) is 45.9. The van der Waals surface area contributed by atoms with Crippen LogP contribution in [0, 0.1) is 23.7 Å². The summed E-state index contributed by atoms with van der Waals surface area (Å²) >= 11 is 0. The van der Waals surface area contributed by atoms with E-state index in [-0.39, 0.29) is 17.4 Å². The lowest BCUT2D eigenvalue weighted by molar-refractivity contribution is -0.575. The maximum absolute atomic E-state index is 11.1. The number of carboxylic acid groups (broad SMARTS) is 1. The summed E-state index contributed by atoms with van der Waals surface area (Å²) in [6.45, 7) is 6.31. The molecule has 29 heavy (non-hydrogen) atoms. The minimum atomic E-state index is -0.962. The van der Waals surface area contributed by atoms with Crippen LogP contribution in [0.25, 0.3) is 0 Å². The van der Waals surface area contributed by atoms with E-state index < -0.39 is 29.9 Å². The van der Waals surface area contributed by atoms with Gasteiger partial charge >= 0.3 is 5.97 Å². The molecule has 5 aliphatic rings. The fourth-order valence-corrected chi connectivity index (χ4v) is 5.82. The van der Waals surface area contributed by atoms with E-state index in [1.807, 2.05) is 6.92 Å². The monoisotopic (exact) mass is 404 g/mol. The van der Waals surface area contributed by atoms with E-state index in [4.69, 9.17) is 29.1 Å². The van der Waals surface area contributed by atoms with Gasteiger partial charge in [0.15, 0.2) is 11.9 Å². The molecule has 158 valence electrons. The molecule has 1 spiro atoms. The van der Waals surface area contributed by atoms with Crippen molar-refractivity contribution in [2.75, 3.05) is 0 Å². The Labute approximate surface area is 170 Å². The van der Waals surface area contributed by atoms with Crippen molar-refractivity contribution in [1.82, 2.24) is 0 Å². The van der Waals surface area contributed by atoms with Gasteiger partial charge in [-0.05, 0) is 62.3 Å². The summed E-state index contributed by atoms with van der Waals surface area (Å²) in [5.41, 5.74) is -0.388. The third-order valence-electron chi connectivity index (χ3n) is 7.45. The molecule has 0 aromatic heterocycles. The molecule has 1 N–H and O–H groups in total. The highest BCUT2D eigenvalue weighted by Gasteiger charge is 2.69. The van der Waals surface area contributed by atoms with Crippen LogP contribution in [-0.4, -0.2) is 35.0 Å². The highest BCUT2D eigenvalue weighted by Crippen LogP contribution is 2.60. The molecular weight excluding hydrogens is 376 g/mol. The van der Waals surface area contributed by atoms with E-state index in [0.29, 0.717) is 17.6 Å². The molecule has 3 unspecified atom stereocenters. The molecule has 1 aromatic rings. The molecule has 1 saturated carbocycles. The van der Waals surface area contributed by atoms with E-state index in [9.17, 15) is 4.79 Å². The molecule has 0 amide bonds. The minimum Gasteiger partial charge on any atom is -0.478 e. The first-order chi connectivity index (χ1) is 13.8. The fourth-order valence-electron chi connectivity index (χ4n) is 5.82. The van der Waals surface area contributed by atoms with Gasteiger partial charge in [-0.2, -0.15) is 0 Å². The molecule has 4 heterocycles. The summed E-state index contributed by atoms with van der Waals surface area (Å²) in [5.74, 6) is -0.121. The molecule has 8 atom stereocenters. The zero-order valence-electron chi connectivity index (χ0n) is 17.0. The van der Waals surface area contributed by atoms with E-state index in [0.717, 1.165) is 25.7 Å². The second kappa shape index (κ2) is 6.67. The lowest BCUT2D eigenvalue weighted by Gasteiger charge is -2.60. The number of carboxylic acids is 1. The van der Waals surface area contributed by atoms with E-state index in [1.54, 1.807) is 12.1 Å². The average Bonchev–Trinajstić information content (AvgIpc) is 2.92. The van der Waals surface area contributed by atoms with Crippen molar-refractivity contribution in [3.8, 4) is 5.75 Å². The molecule has 1 aliphatic carbocycles. The van der Waals surface area contributed by atoms with Crippen molar-refractivity contribution in [3.63, 3.8) is 0 Å². The van der Waals surface area contributed by atoms with Crippen molar-refractivity contribution >= 4 is 5.97 Å². The van der Waals surface area contributed by atoms with Gasteiger partial charge in [0.2, 0.25) is 12.1 Å². The Kier molecular flexibility index (Phi) is 4.44. The van der Waals surface area contributed by atoms with Crippen molar-refractivity contribution in [3.05, 3.63) is 29.8 Å². The number of fused-ring (bicyclic) bond motifs is 2. The first-order valence-corrected chi connectivity index (χ1v) is 10.5. The van der Waals surface area contributed by atoms with Crippen LogP contribution in [0.4, 0.5) is 0 Å². The zero-order valence-corrected chi connectivity index (χ0v) is 17.0. The van der Waals surface area contributed by atoms with Gasteiger partial charge in [-0.1, -0.05) is 13.8 Å². The summed E-state index contributed by atoms with van der Waals surface area (Å²) in [6.07, 6.45) is 2.83. The smallest absolute Gasteiger partial charge is 0.335 e. The van der Waals surface area contributed by atoms with Crippen LogP contribution < -0.4 is 4.74 Å². The highest BCUT2D eigenvalue weighted by atomic mass is 17.3. The summed E-state index contributed by atoms with van der Waals surface area (Å²) < 4.78 is 18.8. The Morgan fingerprint density at radius 3 is 2.59 bits per heavy atom. The molecule has 1 aromatic carbocycles. The van der Waals surface area contributed by atoms with Gasteiger partial charge in [0.25, 0.3) is 0 Å². The van der Waals surface area contributed by atoms with Crippen LogP contribution in [0.5, 0.6) is 5.75 Å². The quantitative estimate of drug-likeness (QED) is 0.763. The van der Waals surface area contributed by atoms with Crippen LogP contribution in [0.1, 0.15) is 56.8 Å². The van der Waals surface area contributed by atoms with Crippen molar-refractivity contribution in [1.29, 1.82) is 0 Å². The van der Waals surface area contributed by atoms with Crippen LogP contribution in [-0.2, 0) is 19.2 Å². The first kappa shape index (κ1) is 19.3. The number of aromatic carboxylic acids is 1. The molecule has 6 rings (SSSR count). The number of carbonyl (C=O) groups is 1. The van der Waals surface area contributed by atoms with Gasteiger partial charge in [-0.15, -0.1) is 0 Å². The number of rotatable bonds is 3. The van der Waals surface area contributed by atoms with Gasteiger partial charge < -0.3 is 19.3 Å². The maximum Gasteiger partial charge on any atom is 0.335 e. The minimum absolute atomic E-state index is 0.0649. The lowest BCUT2D eigenvalue weighted by atomic mass is 9.58. The largest absolute Gasteiger partial charge is 0.478 e. The summed E-state index contributed by atoms with van der Waals surface area (Å²) in [6, 6.07) is 6.40. The number of hydrogen-bond donors (Lipinski definition) is 1. The van der Waals surface area contributed by atoms with E-state index >= 15 is 0 Å². The predicted molar refractivity (Wildman–Crippen MR) is 101 cm³/mol. The van der Waals surface area contributed by atoms with Crippen LogP contribution >= 0.6 is 0 Å². The first-order valence-electron chi connectivity index (χ1n) is 10.5. The Morgan fingerprint density at radius 2 is 1.86 bits per heavy atom. The van der Waals surface area contributed by atoms with Gasteiger partial charge in [-0.3, -0.25) is 0 Å². The number of ether oxygens (including phenoxy) is 3. The van der Waals surface area contributed by atoms with E-state index in [1.165, 1.54) is 12.1 Å². The zero-order chi connectivity index (χ0) is 20.4.